The zero-order valence-corrected chi connectivity index (χ0v) is 14.5. The van der Waals surface area contributed by atoms with Gasteiger partial charge in [0.25, 0.3) is 0 Å². The molecule has 2 rings (SSSR count). The van der Waals surface area contributed by atoms with Crippen molar-refractivity contribution in [1.82, 2.24) is 14.5 Å². The van der Waals surface area contributed by atoms with Crippen molar-refractivity contribution in [3.8, 4) is 6.07 Å². The van der Waals surface area contributed by atoms with Gasteiger partial charge in [0.1, 0.15) is 0 Å². The number of rotatable bonds is 5. The molecule has 1 N–H and O–H groups in total. The monoisotopic (exact) mass is 332 g/mol. The Labute approximate surface area is 136 Å². The average Bonchev–Trinajstić information content (AvgIpc) is 2.75. The van der Waals surface area contributed by atoms with Gasteiger partial charge in [0.15, 0.2) is 0 Å². The van der Waals surface area contributed by atoms with E-state index >= 15 is 0 Å². The van der Waals surface area contributed by atoms with E-state index in [0.29, 0.717) is 17.7 Å². The van der Waals surface area contributed by atoms with Crippen LogP contribution in [-0.4, -0.2) is 24.2 Å². The molecule has 0 aliphatic heterocycles. The first-order valence-electron chi connectivity index (χ1n) is 7.27. The Hall–Kier alpha value is -2.17. The van der Waals surface area contributed by atoms with Crippen LogP contribution in [-0.2, 0) is 16.6 Å². The number of aryl methyl sites for hydroxylation is 3. The number of benzene rings is 1. The van der Waals surface area contributed by atoms with Crippen LogP contribution in [0.1, 0.15) is 29.4 Å². The molecule has 7 heteroatoms. The fraction of sp³-hybridized carbons (Fsp3) is 0.375. The fourth-order valence-electron chi connectivity index (χ4n) is 2.51. The Morgan fingerprint density at radius 2 is 2.00 bits per heavy atom. The van der Waals surface area contributed by atoms with Gasteiger partial charge in [-0.2, -0.15) is 10.4 Å². The summed E-state index contributed by atoms with van der Waals surface area (Å²) in [6, 6.07) is 8.18. The third-order valence-corrected chi connectivity index (χ3v) is 5.25. The van der Waals surface area contributed by atoms with Crippen LogP contribution in [0.2, 0.25) is 0 Å². The Balaban J connectivity index is 2.18. The van der Waals surface area contributed by atoms with E-state index in [9.17, 15) is 8.42 Å². The molecule has 1 aromatic heterocycles. The summed E-state index contributed by atoms with van der Waals surface area (Å²) in [5, 5.41) is 13.2. The molecular weight excluding hydrogens is 312 g/mol. The smallest absolute Gasteiger partial charge is 0.241 e. The highest BCUT2D eigenvalue weighted by Crippen LogP contribution is 2.17. The normalized spacial score (nSPS) is 12.8. The zero-order valence-electron chi connectivity index (χ0n) is 13.7. The van der Waals surface area contributed by atoms with Gasteiger partial charge < -0.3 is 0 Å². The first-order chi connectivity index (χ1) is 10.7. The first-order valence-corrected chi connectivity index (χ1v) is 8.75. The van der Waals surface area contributed by atoms with Crippen molar-refractivity contribution < 1.29 is 8.42 Å². The van der Waals surface area contributed by atoms with E-state index in [1.807, 2.05) is 26.0 Å². The van der Waals surface area contributed by atoms with Crippen LogP contribution in [0.15, 0.2) is 29.2 Å². The summed E-state index contributed by atoms with van der Waals surface area (Å²) in [5.74, 6) is 0. The topological polar surface area (TPSA) is 87.8 Å². The Kier molecular flexibility index (Phi) is 4.88. The minimum Gasteiger partial charge on any atom is -0.268 e. The molecule has 122 valence electrons. The predicted octanol–water partition coefficient (Wildman–Crippen LogP) is 2.05. The molecule has 6 nitrogen and oxygen atoms in total. The van der Waals surface area contributed by atoms with Crippen LogP contribution in [0, 0.1) is 32.1 Å². The number of aromatic nitrogens is 2. The lowest BCUT2D eigenvalue weighted by atomic mass is 10.2. The molecule has 1 unspecified atom stereocenters. The molecule has 1 aromatic carbocycles. The van der Waals surface area contributed by atoms with Crippen molar-refractivity contribution in [3.05, 3.63) is 46.8 Å². The average molecular weight is 332 g/mol. The fourth-order valence-corrected chi connectivity index (χ4v) is 3.97. The molecule has 0 saturated heterocycles. The number of nitriles is 1. The van der Waals surface area contributed by atoms with Gasteiger partial charge >= 0.3 is 0 Å². The summed E-state index contributed by atoms with van der Waals surface area (Å²) in [6.45, 7) is 7.77. The Morgan fingerprint density at radius 3 is 2.52 bits per heavy atom. The van der Waals surface area contributed by atoms with Gasteiger partial charge in [-0.1, -0.05) is 0 Å². The van der Waals surface area contributed by atoms with E-state index in [0.717, 1.165) is 11.4 Å². The molecule has 0 saturated carbocycles. The summed E-state index contributed by atoms with van der Waals surface area (Å²) in [7, 11) is -3.64. The molecule has 0 bridgehead atoms. The molecule has 1 heterocycles. The van der Waals surface area contributed by atoms with Gasteiger partial charge in [-0.25, -0.2) is 13.1 Å². The van der Waals surface area contributed by atoms with Crippen molar-refractivity contribution in [2.75, 3.05) is 0 Å². The number of nitrogens with zero attached hydrogens (tertiary/aromatic N) is 3. The standard InChI is InChI=1S/C16H20N4O2S/c1-11-7-15(9-17)5-6-16(11)23(21,22)19-13(3)10-20-14(4)8-12(2)18-20/h5-8,13,19H,10H2,1-4H3. The molecular formula is C16H20N4O2S. The maximum absolute atomic E-state index is 12.5. The molecule has 0 amide bonds. The quantitative estimate of drug-likeness (QED) is 0.907. The second-order valence-electron chi connectivity index (χ2n) is 5.72. The molecule has 0 radical (unpaired) electrons. The first kappa shape index (κ1) is 17.2. The SMILES string of the molecule is Cc1cc(C)n(CC(C)NS(=O)(=O)c2ccc(C#N)cc2C)n1. The number of nitrogens with one attached hydrogen (secondary N) is 1. The highest BCUT2D eigenvalue weighted by Gasteiger charge is 2.20. The second kappa shape index (κ2) is 6.52. The second-order valence-corrected chi connectivity index (χ2v) is 7.41. The van der Waals surface area contributed by atoms with E-state index in [-0.39, 0.29) is 10.9 Å². The van der Waals surface area contributed by atoms with Crippen molar-refractivity contribution in [2.45, 2.75) is 45.2 Å². The lowest BCUT2D eigenvalue weighted by Crippen LogP contribution is -2.36. The maximum Gasteiger partial charge on any atom is 0.241 e. The maximum atomic E-state index is 12.5. The highest BCUT2D eigenvalue weighted by molar-refractivity contribution is 7.89. The lowest BCUT2D eigenvalue weighted by molar-refractivity contribution is 0.485. The highest BCUT2D eigenvalue weighted by atomic mass is 32.2. The number of hydrogen-bond donors (Lipinski definition) is 1. The summed E-state index contributed by atoms with van der Waals surface area (Å²) < 4.78 is 29.5. The van der Waals surface area contributed by atoms with Crippen LogP contribution in [0.25, 0.3) is 0 Å². The minimum atomic E-state index is -3.64. The van der Waals surface area contributed by atoms with E-state index in [2.05, 4.69) is 9.82 Å². The third-order valence-electron chi connectivity index (χ3n) is 3.50. The molecule has 0 aliphatic carbocycles. The predicted molar refractivity (Wildman–Crippen MR) is 87.4 cm³/mol. The Morgan fingerprint density at radius 1 is 1.30 bits per heavy atom. The largest absolute Gasteiger partial charge is 0.268 e. The molecule has 0 aliphatic rings. The molecule has 0 fully saturated rings. The van der Waals surface area contributed by atoms with E-state index in [1.54, 1.807) is 24.6 Å². The molecule has 0 spiro atoms. The van der Waals surface area contributed by atoms with Crippen LogP contribution < -0.4 is 4.72 Å². The van der Waals surface area contributed by atoms with Crippen LogP contribution in [0.3, 0.4) is 0 Å². The van der Waals surface area contributed by atoms with E-state index in [1.165, 1.54) is 12.1 Å². The van der Waals surface area contributed by atoms with Gasteiger partial charge in [-0.05, 0) is 57.5 Å². The number of sulfonamides is 1. The van der Waals surface area contributed by atoms with E-state index < -0.39 is 10.0 Å². The third kappa shape index (κ3) is 3.97. The van der Waals surface area contributed by atoms with Gasteiger partial charge in [-0.3, -0.25) is 4.68 Å². The summed E-state index contributed by atoms with van der Waals surface area (Å²) in [5.41, 5.74) is 2.88. The van der Waals surface area contributed by atoms with E-state index in [4.69, 9.17) is 5.26 Å². The molecule has 23 heavy (non-hydrogen) atoms. The summed E-state index contributed by atoms with van der Waals surface area (Å²) in [4.78, 5) is 0.191. The molecule has 1 atom stereocenters. The van der Waals surface area contributed by atoms with Crippen molar-refractivity contribution in [3.63, 3.8) is 0 Å². The minimum absolute atomic E-state index is 0.191. The summed E-state index contributed by atoms with van der Waals surface area (Å²) in [6.07, 6.45) is 0. The van der Waals surface area contributed by atoms with Gasteiger partial charge in [0, 0.05) is 11.7 Å². The zero-order chi connectivity index (χ0) is 17.2. The van der Waals surface area contributed by atoms with Crippen molar-refractivity contribution >= 4 is 10.0 Å². The van der Waals surface area contributed by atoms with Crippen LogP contribution >= 0.6 is 0 Å². The Bertz CT molecular complexity index is 863. The van der Waals surface area contributed by atoms with Crippen LogP contribution in [0.5, 0.6) is 0 Å². The molecule has 2 aromatic rings. The van der Waals surface area contributed by atoms with Crippen molar-refractivity contribution in [1.29, 1.82) is 5.26 Å². The summed E-state index contributed by atoms with van der Waals surface area (Å²) >= 11 is 0. The van der Waals surface area contributed by atoms with Gasteiger partial charge in [0.2, 0.25) is 10.0 Å². The van der Waals surface area contributed by atoms with Gasteiger partial charge in [0.05, 0.1) is 28.8 Å². The number of hydrogen-bond acceptors (Lipinski definition) is 4. The van der Waals surface area contributed by atoms with Crippen LogP contribution in [0.4, 0.5) is 0 Å². The van der Waals surface area contributed by atoms with Crippen molar-refractivity contribution in [2.24, 2.45) is 0 Å². The lowest BCUT2D eigenvalue weighted by Gasteiger charge is -2.16. The van der Waals surface area contributed by atoms with Gasteiger partial charge in [-0.15, -0.1) is 0 Å².